The van der Waals surface area contributed by atoms with Gasteiger partial charge in [-0.25, -0.2) is 4.79 Å². The number of hydrogen-bond acceptors (Lipinski definition) is 4. The van der Waals surface area contributed by atoms with E-state index in [9.17, 15) is 23.1 Å². The van der Waals surface area contributed by atoms with Crippen LogP contribution in [0.1, 0.15) is 34.1 Å². The number of alkyl carbamates (subject to hydrolysis) is 1. The quantitative estimate of drug-likeness (QED) is 0.708. The predicted octanol–water partition coefficient (Wildman–Crippen LogP) is 2.48. The average Bonchev–Trinajstić information content (AvgIpc) is 2.29. The third kappa shape index (κ3) is 11.3. The van der Waals surface area contributed by atoms with Gasteiger partial charge in [-0.1, -0.05) is 6.92 Å². The van der Waals surface area contributed by atoms with Crippen molar-refractivity contribution in [3.63, 3.8) is 0 Å². The summed E-state index contributed by atoms with van der Waals surface area (Å²) in [4.78, 5) is 11.5. The lowest BCUT2D eigenvalue weighted by Crippen LogP contribution is -2.41. The van der Waals surface area contributed by atoms with E-state index >= 15 is 0 Å². The van der Waals surface area contributed by atoms with Gasteiger partial charge >= 0.3 is 12.3 Å². The Hall–Kier alpha value is -1.02. The van der Waals surface area contributed by atoms with Crippen molar-refractivity contribution in [3.05, 3.63) is 0 Å². The molecule has 1 unspecified atom stereocenters. The summed E-state index contributed by atoms with van der Waals surface area (Å²) in [6.07, 6.45) is -4.84. The molecule has 0 radical (unpaired) electrons. The molecule has 0 aromatic heterocycles. The Morgan fingerprint density at radius 1 is 1.19 bits per heavy atom. The lowest BCUT2D eigenvalue weighted by atomic mass is 9.88. The van der Waals surface area contributed by atoms with Gasteiger partial charge in [0.2, 0.25) is 0 Å². The molecule has 0 aliphatic rings. The second-order valence-corrected chi connectivity index (χ2v) is 6.24. The van der Waals surface area contributed by atoms with Crippen LogP contribution in [0.3, 0.4) is 0 Å². The number of ether oxygens (including phenoxy) is 2. The van der Waals surface area contributed by atoms with Crippen LogP contribution in [-0.4, -0.2) is 49.3 Å². The summed E-state index contributed by atoms with van der Waals surface area (Å²) >= 11 is 0. The summed E-state index contributed by atoms with van der Waals surface area (Å²) in [5.74, 6) is 0. The Labute approximate surface area is 122 Å². The van der Waals surface area contributed by atoms with Crippen molar-refractivity contribution in [1.29, 1.82) is 0 Å². The van der Waals surface area contributed by atoms with Gasteiger partial charge in [0, 0.05) is 18.6 Å². The minimum atomic E-state index is -4.37. The highest BCUT2D eigenvalue weighted by atomic mass is 19.4. The van der Waals surface area contributed by atoms with E-state index < -0.39 is 29.9 Å². The van der Waals surface area contributed by atoms with E-state index in [-0.39, 0.29) is 26.2 Å². The molecule has 0 aromatic carbocycles. The molecule has 2 N–H and O–H groups in total. The fourth-order valence-electron chi connectivity index (χ4n) is 1.33. The summed E-state index contributed by atoms with van der Waals surface area (Å²) < 4.78 is 45.3. The normalized spacial score (nSPS) is 15.4. The summed E-state index contributed by atoms with van der Waals surface area (Å²) in [7, 11) is 0. The van der Waals surface area contributed by atoms with Gasteiger partial charge in [-0.2, -0.15) is 13.2 Å². The van der Waals surface area contributed by atoms with Crippen molar-refractivity contribution in [2.45, 2.75) is 45.9 Å². The van der Waals surface area contributed by atoms with Gasteiger partial charge in [-0.05, 0) is 27.2 Å². The number of carbonyl (C=O) groups is 1. The number of amides is 1. The van der Waals surface area contributed by atoms with Gasteiger partial charge < -0.3 is 19.9 Å². The molecule has 8 heteroatoms. The van der Waals surface area contributed by atoms with Gasteiger partial charge in [-0.3, -0.25) is 0 Å². The molecule has 0 aliphatic heterocycles. The Bertz CT molecular complexity index is 328. The lowest BCUT2D eigenvalue weighted by molar-refractivity contribution is -0.175. The second-order valence-electron chi connectivity index (χ2n) is 6.24. The number of rotatable bonds is 7. The van der Waals surface area contributed by atoms with Gasteiger partial charge in [0.1, 0.15) is 12.2 Å². The number of alkyl halides is 3. The fourth-order valence-corrected chi connectivity index (χ4v) is 1.33. The largest absolute Gasteiger partial charge is 0.444 e. The van der Waals surface area contributed by atoms with E-state index in [0.29, 0.717) is 0 Å². The molecule has 0 saturated heterocycles. The topological polar surface area (TPSA) is 67.8 Å². The minimum absolute atomic E-state index is 0.0772. The average molecular weight is 315 g/mol. The molecule has 0 aromatic rings. The summed E-state index contributed by atoms with van der Waals surface area (Å²) in [5.41, 5.74) is -1.42. The highest BCUT2D eigenvalue weighted by Crippen LogP contribution is 2.21. The molecule has 5 nitrogen and oxygen atoms in total. The summed E-state index contributed by atoms with van der Waals surface area (Å²) in [6.45, 7) is 5.07. The maximum absolute atomic E-state index is 11.9. The van der Waals surface area contributed by atoms with E-state index in [2.05, 4.69) is 10.1 Å². The van der Waals surface area contributed by atoms with Crippen LogP contribution in [0, 0.1) is 5.41 Å². The molecular weight excluding hydrogens is 291 g/mol. The molecular formula is C13H24F3NO4. The second kappa shape index (κ2) is 7.84. The Morgan fingerprint density at radius 2 is 1.76 bits per heavy atom. The number of aliphatic hydroxyl groups is 1. The van der Waals surface area contributed by atoms with Gasteiger partial charge in [0.25, 0.3) is 0 Å². The Morgan fingerprint density at radius 3 is 2.19 bits per heavy atom. The number of halogens is 3. The van der Waals surface area contributed by atoms with Crippen LogP contribution in [0.15, 0.2) is 0 Å². The maximum Gasteiger partial charge on any atom is 0.411 e. The summed E-state index contributed by atoms with van der Waals surface area (Å²) in [6, 6.07) is 0. The summed E-state index contributed by atoms with van der Waals surface area (Å²) in [5, 5.41) is 11.8. The van der Waals surface area contributed by atoms with Crippen LogP contribution in [0.25, 0.3) is 0 Å². The zero-order valence-corrected chi connectivity index (χ0v) is 12.8. The van der Waals surface area contributed by atoms with E-state index in [1.54, 1.807) is 27.7 Å². The van der Waals surface area contributed by atoms with Gasteiger partial charge in [0.05, 0.1) is 6.61 Å². The highest BCUT2D eigenvalue weighted by molar-refractivity contribution is 5.67. The number of carbonyl (C=O) groups excluding carboxylic acids is 1. The SMILES string of the molecule is CC(CO)(CCOCC(F)(F)F)CNC(=O)OC(C)(C)C. The third-order valence-electron chi connectivity index (χ3n) is 2.56. The first kappa shape index (κ1) is 20.0. The first-order valence-corrected chi connectivity index (χ1v) is 6.59. The molecule has 1 atom stereocenters. The minimum Gasteiger partial charge on any atom is -0.444 e. The Kier molecular flexibility index (Phi) is 7.46. The molecule has 21 heavy (non-hydrogen) atoms. The van der Waals surface area contributed by atoms with Crippen LogP contribution in [0.2, 0.25) is 0 Å². The first-order valence-electron chi connectivity index (χ1n) is 6.59. The van der Waals surface area contributed by atoms with Crippen LogP contribution in [-0.2, 0) is 9.47 Å². The van der Waals surface area contributed by atoms with Crippen LogP contribution >= 0.6 is 0 Å². The van der Waals surface area contributed by atoms with Crippen molar-refractivity contribution in [2.24, 2.45) is 5.41 Å². The zero-order chi connectivity index (χ0) is 16.7. The lowest BCUT2D eigenvalue weighted by Gasteiger charge is -2.28. The predicted molar refractivity (Wildman–Crippen MR) is 70.9 cm³/mol. The molecule has 0 fully saturated rings. The van der Waals surface area contributed by atoms with E-state index in [1.165, 1.54) is 0 Å². The molecule has 0 bridgehead atoms. The first-order chi connectivity index (χ1) is 9.37. The van der Waals surface area contributed by atoms with Crippen LogP contribution in [0.5, 0.6) is 0 Å². The standard InChI is InChI=1S/C13H24F3NO4/c1-11(2,3)21-10(19)17-7-12(4,8-18)5-6-20-9-13(14,15)16/h18H,5-9H2,1-4H3,(H,17,19). The smallest absolute Gasteiger partial charge is 0.411 e. The van der Waals surface area contributed by atoms with Crippen LogP contribution in [0.4, 0.5) is 18.0 Å². The molecule has 0 aliphatic carbocycles. The van der Waals surface area contributed by atoms with Crippen molar-refractivity contribution in [2.75, 3.05) is 26.4 Å². The Balaban J connectivity index is 4.13. The number of aliphatic hydroxyl groups excluding tert-OH is 1. The van der Waals surface area contributed by atoms with Gasteiger partial charge in [0.15, 0.2) is 0 Å². The van der Waals surface area contributed by atoms with Gasteiger partial charge in [-0.15, -0.1) is 0 Å². The van der Waals surface area contributed by atoms with Crippen molar-refractivity contribution in [1.82, 2.24) is 5.32 Å². The van der Waals surface area contributed by atoms with E-state index in [0.717, 1.165) is 0 Å². The van der Waals surface area contributed by atoms with Crippen molar-refractivity contribution in [3.8, 4) is 0 Å². The van der Waals surface area contributed by atoms with E-state index in [1.807, 2.05) is 0 Å². The molecule has 0 heterocycles. The monoisotopic (exact) mass is 315 g/mol. The van der Waals surface area contributed by atoms with Crippen molar-refractivity contribution >= 4 is 6.09 Å². The highest BCUT2D eigenvalue weighted by Gasteiger charge is 2.29. The third-order valence-corrected chi connectivity index (χ3v) is 2.56. The van der Waals surface area contributed by atoms with Crippen LogP contribution < -0.4 is 5.32 Å². The number of hydrogen-bond donors (Lipinski definition) is 2. The molecule has 0 rings (SSSR count). The van der Waals surface area contributed by atoms with Crippen molar-refractivity contribution < 1.29 is 32.5 Å². The molecule has 0 spiro atoms. The zero-order valence-electron chi connectivity index (χ0n) is 12.8. The molecule has 126 valence electrons. The maximum atomic E-state index is 11.9. The molecule has 0 saturated carbocycles. The number of nitrogens with one attached hydrogen (secondary N) is 1. The fraction of sp³-hybridized carbons (Fsp3) is 0.923. The molecule has 1 amide bonds. The van der Waals surface area contributed by atoms with E-state index in [4.69, 9.17) is 4.74 Å².